The van der Waals surface area contributed by atoms with Gasteiger partial charge in [0, 0.05) is 6.04 Å². The fraction of sp³-hybridized carbons (Fsp3) is 0.333. The number of nitrogens with zero attached hydrogens (tertiary/aromatic N) is 5. The highest BCUT2D eigenvalue weighted by Gasteiger charge is 2.51. The molecular formula is C24H22FN5O2. The molecule has 2 aromatic carbocycles. The van der Waals surface area contributed by atoms with E-state index in [1.807, 2.05) is 4.90 Å². The van der Waals surface area contributed by atoms with Gasteiger partial charge in [0.05, 0.1) is 41.3 Å². The number of nitriles is 1. The summed E-state index contributed by atoms with van der Waals surface area (Å²) in [5.74, 6) is 0.909. The summed E-state index contributed by atoms with van der Waals surface area (Å²) in [6.07, 6.45) is 5.02. The normalized spacial score (nSPS) is 23.8. The number of hydrogen-bond acceptors (Lipinski definition) is 5. The smallest absolute Gasteiger partial charge is 0.256 e. The van der Waals surface area contributed by atoms with Gasteiger partial charge >= 0.3 is 0 Å². The first-order valence-corrected chi connectivity index (χ1v) is 10.7. The first-order valence-electron chi connectivity index (χ1n) is 10.7. The quantitative estimate of drug-likeness (QED) is 0.616. The number of halogens is 1. The summed E-state index contributed by atoms with van der Waals surface area (Å²) in [6, 6.07) is 13.0. The van der Waals surface area contributed by atoms with E-state index in [-0.39, 0.29) is 29.7 Å². The number of rotatable bonds is 5. The van der Waals surface area contributed by atoms with Crippen molar-refractivity contribution in [3.63, 3.8) is 0 Å². The Labute approximate surface area is 185 Å². The van der Waals surface area contributed by atoms with Gasteiger partial charge in [0.2, 0.25) is 0 Å². The van der Waals surface area contributed by atoms with E-state index in [1.54, 1.807) is 42.7 Å². The number of carbonyl (C=O) groups is 1. The molecule has 3 heterocycles. The van der Waals surface area contributed by atoms with Crippen molar-refractivity contribution in [3.8, 4) is 17.5 Å². The second-order valence-electron chi connectivity index (χ2n) is 8.45. The molecule has 0 N–H and O–H groups in total. The van der Waals surface area contributed by atoms with Crippen molar-refractivity contribution in [2.45, 2.75) is 31.8 Å². The van der Waals surface area contributed by atoms with Crippen LogP contribution in [0.15, 0.2) is 54.9 Å². The minimum atomic E-state index is -0.321. The number of hydrogen-bond donors (Lipinski definition) is 0. The summed E-state index contributed by atoms with van der Waals surface area (Å²) in [5, 5.41) is 17.7. The molecule has 3 fully saturated rings. The fourth-order valence-electron chi connectivity index (χ4n) is 4.82. The molecule has 1 saturated carbocycles. The van der Waals surface area contributed by atoms with E-state index in [1.165, 1.54) is 16.9 Å². The first kappa shape index (κ1) is 20.2. The number of piperidine rings is 2. The zero-order valence-corrected chi connectivity index (χ0v) is 17.6. The second-order valence-corrected chi connectivity index (χ2v) is 8.45. The Balaban J connectivity index is 1.47. The maximum atomic E-state index is 13.9. The lowest BCUT2D eigenvalue weighted by Gasteiger charge is -2.57. The Morgan fingerprint density at radius 3 is 2.59 bits per heavy atom. The van der Waals surface area contributed by atoms with Gasteiger partial charge < -0.3 is 9.64 Å². The summed E-state index contributed by atoms with van der Waals surface area (Å²) in [6.45, 7) is 2.47. The van der Waals surface area contributed by atoms with Crippen molar-refractivity contribution in [2.24, 2.45) is 11.8 Å². The Bertz CT molecular complexity index is 1170. The highest BCUT2D eigenvalue weighted by Crippen LogP contribution is 2.47. The Hall–Kier alpha value is -3.73. The maximum absolute atomic E-state index is 13.9. The van der Waals surface area contributed by atoms with E-state index >= 15 is 0 Å². The van der Waals surface area contributed by atoms with E-state index in [0.717, 1.165) is 12.8 Å². The third-order valence-electron chi connectivity index (χ3n) is 6.71. The molecule has 2 atom stereocenters. The van der Waals surface area contributed by atoms with Gasteiger partial charge in [-0.25, -0.2) is 4.39 Å². The van der Waals surface area contributed by atoms with Crippen LogP contribution < -0.4 is 4.74 Å². The van der Waals surface area contributed by atoms with Crippen molar-refractivity contribution in [2.75, 3.05) is 6.61 Å². The van der Waals surface area contributed by atoms with Crippen molar-refractivity contribution in [1.29, 1.82) is 5.26 Å². The maximum Gasteiger partial charge on any atom is 0.256 e. The zero-order chi connectivity index (χ0) is 22.2. The van der Waals surface area contributed by atoms with E-state index in [9.17, 15) is 14.4 Å². The van der Waals surface area contributed by atoms with Crippen LogP contribution >= 0.6 is 0 Å². The van der Waals surface area contributed by atoms with Crippen LogP contribution in [0.4, 0.5) is 4.39 Å². The van der Waals surface area contributed by atoms with Gasteiger partial charge in [0.15, 0.2) is 0 Å². The molecule has 162 valence electrons. The van der Waals surface area contributed by atoms with Crippen LogP contribution in [0.5, 0.6) is 5.75 Å². The van der Waals surface area contributed by atoms with Gasteiger partial charge in [-0.1, -0.05) is 6.92 Å². The molecule has 6 rings (SSSR count). The molecule has 2 bridgehead atoms. The van der Waals surface area contributed by atoms with Crippen molar-refractivity contribution in [1.82, 2.24) is 19.9 Å². The number of amides is 1. The predicted molar refractivity (Wildman–Crippen MR) is 114 cm³/mol. The molecule has 0 spiro atoms. The molecule has 1 amide bonds. The molecule has 1 aliphatic carbocycles. The van der Waals surface area contributed by atoms with Crippen LogP contribution in [0.25, 0.3) is 5.69 Å². The zero-order valence-electron chi connectivity index (χ0n) is 17.6. The summed E-state index contributed by atoms with van der Waals surface area (Å²) >= 11 is 0. The molecule has 2 saturated heterocycles. The average molecular weight is 431 g/mol. The van der Waals surface area contributed by atoms with Gasteiger partial charge in [0.25, 0.3) is 5.91 Å². The third-order valence-corrected chi connectivity index (χ3v) is 6.71. The molecule has 1 aromatic heterocycles. The van der Waals surface area contributed by atoms with E-state index in [0.29, 0.717) is 35.1 Å². The van der Waals surface area contributed by atoms with Gasteiger partial charge in [-0.05, 0) is 67.1 Å². The average Bonchev–Trinajstić information content (AvgIpc) is 3.32. The minimum Gasteiger partial charge on any atom is -0.491 e. The number of aromatic nitrogens is 3. The molecule has 1 unspecified atom stereocenters. The van der Waals surface area contributed by atoms with Gasteiger partial charge in [-0.2, -0.15) is 20.3 Å². The van der Waals surface area contributed by atoms with Crippen LogP contribution in [0, 0.1) is 29.0 Å². The lowest BCUT2D eigenvalue weighted by molar-refractivity contribution is -0.0670. The summed E-state index contributed by atoms with van der Waals surface area (Å²) in [7, 11) is 0. The van der Waals surface area contributed by atoms with Crippen LogP contribution in [0.2, 0.25) is 0 Å². The van der Waals surface area contributed by atoms with Crippen LogP contribution in [-0.2, 0) is 0 Å². The summed E-state index contributed by atoms with van der Waals surface area (Å²) in [4.78, 5) is 17.2. The molecular weight excluding hydrogens is 409 g/mol. The standard InChI is InChI=1S/C24H22FN5O2/c1-15-17-11-19(12-17)29(23(15)14-32-20-5-3-18(25)4-6-20)24(31)21-10-16(13-26)2-7-22(21)30-27-8-9-28-30/h2-10,15,17,19,23H,11-12,14H2,1H3/t15-,17?,19?,23?/m1/s1. The monoisotopic (exact) mass is 431 g/mol. The van der Waals surface area contributed by atoms with Gasteiger partial charge in [0.1, 0.15) is 18.2 Å². The van der Waals surface area contributed by atoms with Crippen LogP contribution in [0.3, 0.4) is 0 Å². The second kappa shape index (κ2) is 8.08. The molecule has 3 aliphatic rings. The predicted octanol–water partition coefficient (Wildman–Crippen LogP) is 3.60. The largest absolute Gasteiger partial charge is 0.491 e. The van der Waals surface area contributed by atoms with Crippen LogP contribution in [-0.4, -0.2) is 44.5 Å². The van der Waals surface area contributed by atoms with E-state index in [4.69, 9.17) is 4.74 Å². The fourth-order valence-corrected chi connectivity index (χ4v) is 4.82. The van der Waals surface area contributed by atoms with Crippen molar-refractivity contribution < 1.29 is 13.9 Å². The Morgan fingerprint density at radius 2 is 1.91 bits per heavy atom. The lowest BCUT2D eigenvalue weighted by atomic mass is 9.64. The molecule has 0 radical (unpaired) electrons. The highest BCUT2D eigenvalue weighted by atomic mass is 19.1. The van der Waals surface area contributed by atoms with E-state index in [2.05, 4.69) is 23.2 Å². The summed E-state index contributed by atoms with van der Waals surface area (Å²) in [5.41, 5.74) is 1.33. The lowest BCUT2D eigenvalue weighted by Crippen LogP contribution is -2.64. The number of benzene rings is 2. The number of fused-ring (bicyclic) bond motifs is 2. The minimum absolute atomic E-state index is 0.130. The number of ether oxygens (including phenoxy) is 1. The van der Waals surface area contributed by atoms with Gasteiger partial charge in [-0.3, -0.25) is 4.79 Å². The van der Waals surface area contributed by atoms with Crippen molar-refractivity contribution in [3.05, 3.63) is 71.8 Å². The Kier molecular flexibility index (Phi) is 5.10. The highest BCUT2D eigenvalue weighted by molar-refractivity contribution is 5.98. The van der Waals surface area contributed by atoms with Crippen molar-refractivity contribution >= 4 is 5.91 Å². The summed E-state index contributed by atoms with van der Waals surface area (Å²) < 4.78 is 19.2. The van der Waals surface area contributed by atoms with Crippen LogP contribution in [0.1, 0.15) is 35.7 Å². The first-order chi connectivity index (χ1) is 15.5. The Morgan fingerprint density at radius 1 is 1.19 bits per heavy atom. The molecule has 32 heavy (non-hydrogen) atoms. The van der Waals surface area contributed by atoms with E-state index < -0.39 is 0 Å². The topological polar surface area (TPSA) is 84.0 Å². The molecule has 3 aromatic rings. The molecule has 2 aliphatic heterocycles. The SMILES string of the molecule is C[C@@H]1C2CC(C2)N(C(=O)c2cc(C#N)ccc2-n2nccn2)C1COc1ccc(F)cc1. The third kappa shape index (κ3) is 3.50. The molecule has 8 heteroatoms. The van der Waals surface area contributed by atoms with Gasteiger partial charge in [-0.15, -0.1) is 0 Å². The number of carbonyl (C=O) groups excluding carboxylic acids is 1. The molecule has 7 nitrogen and oxygen atoms in total.